The van der Waals surface area contributed by atoms with Gasteiger partial charge in [-0.3, -0.25) is 14.5 Å². The number of carbonyl (C=O) groups is 2. The van der Waals surface area contributed by atoms with Crippen LogP contribution in [0.4, 0.5) is 0 Å². The lowest BCUT2D eigenvalue weighted by Gasteiger charge is -2.06. The molecule has 2 rings (SSSR count). The Hall–Kier alpha value is -2.72. The summed E-state index contributed by atoms with van der Waals surface area (Å²) in [7, 11) is 0. The van der Waals surface area contributed by atoms with Crippen molar-refractivity contribution in [1.29, 1.82) is 5.53 Å². The molecule has 0 bridgehead atoms. The zero-order valence-electron chi connectivity index (χ0n) is 11.1. The third-order valence-corrected chi connectivity index (χ3v) is 1.84. The number of halogens is 1. The van der Waals surface area contributed by atoms with Crippen molar-refractivity contribution in [2.24, 2.45) is 0 Å². The van der Waals surface area contributed by atoms with Crippen LogP contribution >= 0.6 is 12.4 Å². The molecule has 1 unspecified atom stereocenters. The molecular weight excluding hydrogens is 352 g/mol. The molecule has 23 heavy (non-hydrogen) atoms. The molecule has 0 radical (unpaired) electrons. The molecule has 11 nitrogen and oxygen atoms in total. The van der Waals surface area contributed by atoms with Crippen LogP contribution in [-0.4, -0.2) is 24.9 Å². The minimum Gasteiger partial charge on any atom is -0.750 e. The van der Waals surface area contributed by atoms with Crippen LogP contribution < -0.4 is 0 Å². The average molecular weight is 361 g/mol. The third kappa shape index (κ3) is 12.7. The fourth-order valence-corrected chi connectivity index (χ4v) is 1.24. The van der Waals surface area contributed by atoms with Crippen LogP contribution in [0.1, 0.15) is 20.7 Å². The number of nitrogens with zero attached hydrogens (tertiary/aromatic N) is 5. The van der Waals surface area contributed by atoms with E-state index >= 15 is 0 Å². The summed E-state index contributed by atoms with van der Waals surface area (Å²) in [6, 6.07) is 6.84. The summed E-state index contributed by atoms with van der Waals surface area (Å²) >= 11 is -2.86. The minimum absolute atomic E-state index is 0. The molecule has 1 aromatic rings. The van der Waals surface area contributed by atoms with Gasteiger partial charge >= 0.3 is 0 Å². The lowest BCUT2D eigenvalue weighted by molar-refractivity contribution is 0.0994. The van der Waals surface area contributed by atoms with Crippen LogP contribution in [0.15, 0.2) is 36.4 Å². The Balaban J connectivity index is -0.000000308. The van der Waals surface area contributed by atoms with E-state index in [1.54, 1.807) is 29.2 Å². The first-order valence-electron chi connectivity index (χ1n) is 4.99. The van der Waals surface area contributed by atoms with Crippen LogP contribution in [-0.2, 0) is 11.4 Å². The zero-order valence-corrected chi connectivity index (χ0v) is 12.7. The molecule has 124 valence electrons. The van der Waals surface area contributed by atoms with Gasteiger partial charge in [-0.15, -0.1) is 17.9 Å². The maximum absolute atomic E-state index is 11.2. The number of nitrogens with one attached hydrogen (secondary N) is 1. The van der Waals surface area contributed by atoms with Gasteiger partial charge in [-0.25, -0.2) is 4.21 Å². The van der Waals surface area contributed by atoms with Crippen molar-refractivity contribution in [2.45, 2.75) is 0 Å². The molecule has 1 aliphatic rings. The van der Waals surface area contributed by atoms with E-state index < -0.39 is 11.4 Å². The predicted molar refractivity (Wildman–Crippen MR) is 82.6 cm³/mol. The van der Waals surface area contributed by atoms with E-state index in [0.717, 1.165) is 0 Å². The third-order valence-electron chi connectivity index (χ3n) is 1.84. The van der Waals surface area contributed by atoms with Crippen molar-refractivity contribution < 1.29 is 22.9 Å². The smallest absolute Gasteiger partial charge is 0.186 e. The molecule has 1 aliphatic carbocycles. The van der Waals surface area contributed by atoms with Gasteiger partial charge in [0.25, 0.3) is 0 Å². The number of hydrogen-bond acceptors (Lipinski definition) is 5. The van der Waals surface area contributed by atoms with E-state index in [1.165, 1.54) is 17.1 Å². The highest BCUT2D eigenvalue weighted by atomic mass is 35.5. The Bertz CT molecular complexity index is 600. The number of ketones is 2. The highest BCUT2D eigenvalue weighted by molar-refractivity contribution is 7.73. The molecule has 0 fully saturated rings. The number of allylic oxidation sites excluding steroid dienone is 2. The predicted octanol–water partition coefficient (Wildman–Crippen LogP) is 3.12. The molecule has 0 heterocycles. The molecule has 0 spiro atoms. The summed E-state index contributed by atoms with van der Waals surface area (Å²) in [5.41, 5.74) is 26.8. The van der Waals surface area contributed by atoms with Gasteiger partial charge in [0.1, 0.15) is 0 Å². The maximum Gasteiger partial charge on any atom is 0.186 e. The van der Waals surface area contributed by atoms with E-state index in [9.17, 15) is 9.59 Å². The average Bonchev–Trinajstić information content (AvgIpc) is 2.45. The van der Waals surface area contributed by atoms with Gasteiger partial charge in [0.2, 0.25) is 0 Å². The zero-order chi connectivity index (χ0) is 17.5. The quantitative estimate of drug-likeness (QED) is 0.307. The monoisotopic (exact) mass is 360 g/mol. The standard InChI is InChI=1S/C10H6O2.ClH.HN3.N3.H2O3S/c11-9-5-6-10(12)8-4-2-1-3-7(8)9;;2*1-3-2;1-4(2)3/h1-6H;1H;1H;;(H2,1,2,3)/q;;;-1;/p-1. The molecule has 1 aromatic carbocycles. The summed E-state index contributed by atoms with van der Waals surface area (Å²) in [5.74, 6) is -0.185. The first-order chi connectivity index (χ1) is 10.3. The minimum atomic E-state index is -2.86. The highest BCUT2D eigenvalue weighted by Crippen LogP contribution is 2.15. The van der Waals surface area contributed by atoms with E-state index in [-0.39, 0.29) is 24.0 Å². The maximum atomic E-state index is 11.2. The largest absolute Gasteiger partial charge is 0.750 e. The first-order valence-corrected chi connectivity index (χ1v) is 6.02. The van der Waals surface area contributed by atoms with E-state index in [1.807, 2.05) is 0 Å². The number of carbonyl (C=O) groups excluding carboxylic acids is 2. The highest BCUT2D eigenvalue weighted by Gasteiger charge is 2.16. The van der Waals surface area contributed by atoms with Gasteiger partial charge in [-0.1, -0.05) is 24.3 Å². The van der Waals surface area contributed by atoms with E-state index in [2.05, 4.69) is 0 Å². The van der Waals surface area contributed by atoms with E-state index in [4.69, 9.17) is 35.4 Å². The molecule has 0 amide bonds. The lowest BCUT2D eigenvalue weighted by atomic mass is 9.95. The number of rotatable bonds is 0. The van der Waals surface area contributed by atoms with Gasteiger partial charge < -0.3 is 20.2 Å². The Morgan fingerprint density at radius 3 is 1.48 bits per heavy atom. The topological polar surface area (TPSA) is 213 Å². The van der Waals surface area contributed by atoms with Crippen LogP contribution in [0.5, 0.6) is 0 Å². The Morgan fingerprint density at radius 2 is 1.26 bits per heavy atom. The summed E-state index contributed by atoms with van der Waals surface area (Å²) < 4.78 is 24.1. The Labute approximate surface area is 138 Å². The second kappa shape index (κ2) is 15.7. The van der Waals surface area contributed by atoms with Gasteiger partial charge in [-0.05, 0) is 22.6 Å². The fourth-order valence-electron chi connectivity index (χ4n) is 1.24. The summed E-state index contributed by atoms with van der Waals surface area (Å²) in [5, 5.41) is 0. The van der Waals surface area contributed by atoms with Crippen LogP contribution in [0, 0.1) is 5.53 Å². The van der Waals surface area contributed by atoms with Crippen LogP contribution in [0.3, 0.4) is 0 Å². The van der Waals surface area contributed by atoms with Gasteiger partial charge in [-0.2, -0.15) is 0 Å². The van der Waals surface area contributed by atoms with Crippen molar-refractivity contribution in [3.63, 3.8) is 0 Å². The molecular formula is C10H9ClN6O5S-2. The molecule has 0 saturated carbocycles. The van der Waals surface area contributed by atoms with Crippen LogP contribution in [0.25, 0.3) is 26.4 Å². The Kier molecular flexibility index (Phi) is 17.2. The van der Waals surface area contributed by atoms with Crippen molar-refractivity contribution >= 4 is 35.3 Å². The van der Waals surface area contributed by atoms with E-state index in [0.29, 0.717) is 11.1 Å². The second-order valence-electron chi connectivity index (χ2n) is 3.01. The number of hydrogen-bond donors (Lipinski definition) is 2. The number of fused-ring (bicyclic) bond motifs is 1. The molecule has 0 aromatic heterocycles. The van der Waals surface area contributed by atoms with Gasteiger partial charge in [0.15, 0.2) is 11.6 Å². The molecule has 0 saturated heterocycles. The normalized spacial score (nSPS) is 11.0. The summed E-state index contributed by atoms with van der Waals surface area (Å²) in [4.78, 5) is 25.6. The second-order valence-corrected chi connectivity index (χ2v) is 3.45. The fraction of sp³-hybridized carbons (Fsp3) is 0. The summed E-state index contributed by atoms with van der Waals surface area (Å²) in [6.07, 6.45) is 2.62. The molecule has 1 atom stereocenters. The van der Waals surface area contributed by atoms with Crippen molar-refractivity contribution in [1.82, 2.24) is 0 Å². The van der Waals surface area contributed by atoms with Gasteiger partial charge in [0, 0.05) is 11.1 Å². The van der Waals surface area contributed by atoms with Crippen LogP contribution in [0.2, 0.25) is 0 Å². The van der Waals surface area contributed by atoms with Crippen molar-refractivity contribution in [3.8, 4) is 0 Å². The SMILES string of the molecule is Cl.O=C1C=CC(=O)c2ccccc21.O=S([O-])O.[N-]=[N+]=N.[N-]=[N+]=[N-]. The number of benzene rings is 1. The summed E-state index contributed by atoms with van der Waals surface area (Å²) in [6.45, 7) is 0. The Morgan fingerprint density at radius 1 is 1.04 bits per heavy atom. The first kappa shape index (κ1) is 25.2. The molecule has 0 aliphatic heterocycles. The van der Waals surface area contributed by atoms with Crippen molar-refractivity contribution in [2.75, 3.05) is 0 Å². The van der Waals surface area contributed by atoms with Crippen molar-refractivity contribution in [3.05, 3.63) is 74.0 Å². The molecule has 13 heteroatoms. The molecule has 2 N–H and O–H groups in total. The van der Waals surface area contributed by atoms with Gasteiger partial charge in [0.05, 0.1) is 11.4 Å². The lowest BCUT2D eigenvalue weighted by Crippen LogP contribution is -2.10.